The molecule has 0 aliphatic carbocycles. The largest absolute Gasteiger partial charge is 0.350 e. The Hall–Kier alpha value is -2.69. The highest BCUT2D eigenvalue weighted by Gasteiger charge is 2.27. The average Bonchev–Trinajstić information content (AvgIpc) is 2.83. The summed E-state index contributed by atoms with van der Waals surface area (Å²) in [5.41, 5.74) is 2.42. The first-order valence-corrected chi connectivity index (χ1v) is 7.02. The standard InChI is InChI=1S/C17H15FN2O2/c18-14-7-5-12(6-8-14)9-19-16(21)11-20-10-13-3-1-2-4-15(13)17(20)22/h1-8H,9-11H2,(H,19,21). The van der Waals surface area contributed by atoms with Gasteiger partial charge in [-0.25, -0.2) is 4.39 Å². The Labute approximate surface area is 127 Å². The first kappa shape index (κ1) is 14.3. The molecule has 2 aromatic carbocycles. The van der Waals surface area contributed by atoms with Gasteiger partial charge in [-0.05, 0) is 29.3 Å². The summed E-state index contributed by atoms with van der Waals surface area (Å²) in [6, 6.07) is 13.3. The molecule has 1 aliphatic heterocycles. The summed E-state index contributed by atoms with van der Waals surface area (Å²) in [4.78, 5) is 25.6. The molecule has 5 heteroatoms. The van der Waals surface area contributed by atoms with Crippen molar-refractivity contribution in [1.82, 2.24) is 10.2 Å². The molecule has 3 rings (SSSR count). The average molecular weight is 298 g/mol. The van der Waals surface area contributed by atoms with Crippen molar-refractivity contribution < 1.29 is 14.0 Å². The van der Waals surface area contributed by atoms with Crippen LogP contribution in [0, 0.1) is 5.82 Å². The lowest BCUT2D eigenvalue weighted by Gasteiger charge is -2.15. The minimum absolute atomic E-state index is 0.0225. The molecule has 0 bridgehead atoms. The molecule has 0 atom stereocenters. The Bertz CT molecular complexity index is 713. The van der Waals surface area contributed by atoms with Crippen molar-refractivity contribution in [2.45, 2.75) is 13.1 Å². The Kier molecular flexibility index (Phi) is 3.87. The number of hydrogen-bond donors (Lipinski definition) is 1. The van der Waals surface area contributed by atoms with Crippen LogP contribution >= 0.6 is 0 Å². The minimum atomic E-state index is -0.310. The number of amides is 2. The second kappa shape index (κ2) is 5.97. The van der Waals surface area contributed by atoms with E-state index in [4.69, 9.17) is 0 Å². The maximum Gasteiger partial charge on any atom is 0.254 e. The number of rotatable bonds is 4. The van der Waals surface area contributed by atoms with E-state index in [1.54, 1.807) is 18.2 Å². The zero-order chi connectivity index (χ0) is 15.5. The topological polar surface area (TPSA) is 49.4 Å². The molecule has 0 fully saturated rings. The third-order valence-corrected chi connectivity index (χ3v) is 3.63. The molecule has 0 radical (unpaired) electrons. The maximum absolute atomic E-state index is 12.8. The summed E-state index contributed by atoms with van der Waals surface area (Å²) in [5, 5.41) is 2.74. The van der Waals surface area contributed by atoms with Crippen molar-refractivity contribution in [3.63, 3.8) is 0 Å². The molecule has 0 saturated carbocycles. The van der Waals surface area contributed by atoms with Gasteiger partial charge in [0.1, 0.15) is 12.4 Å². The van der Waals surface area contributed by atoms with Gasteiger partial charge in [-0.3, -0.25) is 9.59 Å². The van der Waals surface area contributed by atoms with Gasteiger partial charge in [0.2, 0.25) is 5.91 Å². The molecular weight excluding hydrogens is 283 g/mol. The number of nitrogens with one attached hydrogen (secondary N) is 1. The van der Waals surface area contributed by atoms with E-state index in [0.717, 1.165) is 11.1 Å². The van der Waals surface area contributed by atoms with E-state index >= 15 is 0 Å². The summed E-state index contributed by atoms with van der Waals surface area (Å²) < 4.78 is 12.8. The number of hydrogen-bond acceptors (Lipinski definition) is 2. The van der Waals surface area contributed by atoms with Crippen LogP contribution in [-0.4, -0.2) is 23.3 Å². The Morgan fingerprint density at radius 2 is 1.86 bits per heavy atom. The smallest absolute Gasteiger partial charge is 0.254 e. The molecule has 0 unspecified atom stereocenters. The highest BCUT2D eigenvalue weighted by Crippen LogP contribution is 2.21. The molecular formula is C17H15FN2O2. The summed E-state index contributed by atoms with van der Waals surface area (Å²) in [6.45, 7) is 0.793. The van der Waals surface area contributed by atoms with Gasteiger partial charge in [0.05, 0.1) is 0 Å². The van der Waals surface area contributed by atoms with Crippen LogP contribution in [0.5, 0.6) is 0 Å². The highest BCUT2D eigenvalue weighted by molar-refractivity contribution is 6.00. The molecule has 1 N–H and O–H groups in total. The number of halogens is 1. The van der Waals surface area contributed by atoms with Crippen molar-refractivity contribution in [2.75, 3.05) is 6.54 Å². The van der Waals surface area contributed by atoms with Crippen LogP contribution in [0.4, 0.5) is 4.39 Å². The maximum atomic E-state index is 12.8. The molecule has 0 spiro atoms. The predicted octanol–water partition coefficient (Wildman–Crippen LogP) is 2.10. The van der Waals surface area contributed by atoms with Gasteiger partial charge < -0.3 is 10.2 Å². The first-order valence-electron chi connectivity index (χ1n) is 7.02. The van der Waals surface area contributed by atoms with E-state index in [9.17, 15) is 14.0 Å². The van der Waals surface area contributed by atoms with Gasteiger partial charge in [-0.2, -0.15) is 0 Å². The molecule has 2 amide bonds. The summed E-state index contributed by atoms with van der Waals surface area (Å²) in [5.74, 6) is -0.659. The first-order chi connectivity index (χ1) is 10.6. The predicted molar refractivity (Wildman–Crippen MR) is 79.4 cm³/mol. The van der Waals surface area contributed by atoms with Crippen molar-refractivity contribution in [2.24, 2.45) is 0 Å². The highest BCUT2D eigenvalue weighted by atomic mass is 19.1. The van der Waals surface area contributed by atoms with Gasteiger partial charge in [0, 0.05) is 18.7 Å². The fourth-order valence-electron chi connectivity index (χ4n) is 2.47. The van der Waals surface area contributed by atoms with Crippen LogP contribution in [0.3, 0.4) is 0 Å². The van der Waals surface area contributed by atoms with Crippen LogP contribution < -0.4 is 5.32 Å². The zero-order valence-electron chi connectivity index (χ0n) is 11.9. The van der Waals surface area contributed by atoms with E-state index in [1.807, 2.05) is 18.2 Å². The normalized spacial score (nSPS) is 13.1. The van der Waals surface area contributed by atoms with Crippen molar-refractivity contribution in [3.8, 4) is 0 Å². The summed E-state index contributed by atoms with van der Waals surface area (Å²) in [7, 11) is 0. The van der Waals surface area contributed by atoms with Crippen LogP contribution in [-0.2, 0) is 17.9 Å². The third-order valence-electron chi connectivity index (χ3n) is 3.63. The minimum Gasteiger partial charge on any atom is -0.350 e. The molecule has 22 heavy (non-hydrogen) atoms. The van der Waals surface area contributed by atoms with E-state index < -0.39 is 0 Å². The summed E-state index contributed by atoms with van der Waals surface area (Å²) >= 11 is 0. The number of benzene rings is 2. The van der Waals surface area contributed by atoms with Gasteiger partial charge in [-0.1, -0.05) is 30.3 Å². The summed E-state index contributed by atoms with van der Waals surface area (Å²) in [6.07, 6.45) is 0. The number of nitrogens with zero attached hydrogens (tertiary/aromatic N) is 1. The van der Waals surface area contributed by atoms with Gasteiger partial charge in [0.15, 0.2) is 0 Å². The van der Waals surface area contributed by atoms with Crippen molar-refractivity contribution in [1.29, 1.82) is 0 Å². The van der Waals surface area contributed by atoms with Crippen molar-refractivity contribution >= 4 is 11.8 Å². The third kappa shape index (κ3) is 2.98. The van der Waals surface area contributed by atoms with Crippen molar-refractivity contribution in [3.05, 3.63) is 71.0 Å². The number of carbonyl (C=O) groups is 2. The second-order valence-corrected chi connectivity index (χ2v) is 5.22. The van der Waals surface area contributed by atoms with Crippen LogP contribution in [0.25, 0.3) is 0 Å². The molecule has 1 heterocycles. The molecule has 1 aliphatic rings. The SMILES string of the molecule is O=C(CN1Cc2ccccc2C1=O)NCc1ccc(F)cc1. The molecule has 0 aromatic heterocycles. The van der Waals surface area contributed by atoms with Crippen LogP contribution in [0.15, 0.2) is 48.5 Å². The lowest BCUT2D eigenvalue weighted by atomic mass is 10.1. The molecule has 2 aromatic rings. The second-order valence-electron chi connectivity index (χ2n) is 5.22. The monoisotopic (exact) mass is 298 g/mol. The Morgan fingerprint density at radius 1 is 1.14 bits per heavy atom. The molecule has 0 saturated heterocycles. The Morgan fingerprint density at radius 3 is 2.59 bits per heavy atom. The quantitative estimate of drug-likeness (QED) is 0.939. The number of carbonyl (C=O) groups excluding carboxylic acids is 2. The molecule has 4 nitrogen and oxygen atoms in total. The van der Waals surface area contributed by atoms with Gasteiger partial charge in [0.25, 0.3) is 5.91 Å². The van der Waals surface area contributed by atoms with Gasteiger partial charge >= 0.3 is 0 Å². The fraction of sp³-hybridized carbons (Fsp3) is 0.176. The lowest BCUT2D eigenvalue weighted by Crippen LogP contribution is -2.37. The van der Waals surface area contributed by atoms with E-state index in [1.165, 1.54) is 17.0 Å². The van der Waals surface area contributed by atoms with Crippen LogP contribution in [0.2, 0.25) is 0 Å². The van der Waals surface area contributed by atoms with E-state index in [2.05, 4.69) is 5.32 Å². The number of fused-ring (bicyclic) bond motifs is 1. The zero-order valence-corrected chi connectivity index (χ0v) is 11.9. The van der Waals surface area contributed by atoms with Crippen LogP contribution in [0.1, 0.15) is 21.5 Å². The Balaban J connectivity index is 1.55. The van der Waals surface area contributed by atoms with Gasteiger partial charge in [-0.15, -0.1) is 0 Å². The molecule has 112 valence electrons. The van der Waals surface area contributed by atoms with E-state index in [-0.39, 0.29) is 24.2 Å². The van der Waals surface area contributed by atoms with E-state index in [0.29, 0.717) is 18.7 Å². The lowest BCUT2D eigenvalue weighted by molar-refractivity contribution is -0.122. The fourth-order valence-corrected chi connectivity index (χ4v) is 2.47.